The van der Waals surface area contributed by atoms with Crippen molar-refractivity contribution < 1.29 is 32.6 Å². The van der Waals surface area contributed by atoms with Gasteiger partial charge in [0.05, 0.1) is 18.7 Å². The summed E-state index contributed by atoms with van der Waals surface area (Å²) >= 11 is 0. The van der Waals surface area contributed by atoms with Gasteiger partial charge < -0.3 is 14.7 Å². The summed E-state index contributed by atoms with van der Waals surface area (Å²) in [6.45, 7) is 0.695. The molecule has 0 bridgehead atoms. The first-order valence-corrected chi connectivity index (χ1v) is 8.36. The van der Waals surface area contributed by atoms with Crippen LogP contribution in [0.2, 0.25) is 0 Å². The highest BCUT2D eigenvalue weighted by molar-refractivity contribution is 5.89. The Morgan fingerprint density at radius 1 is 1.25 bits per heavy atom. The molecule has 0 aliphatic carbocycles. The highest BCUT2D eigenvalue weighted by Crippen LogP contribution is 2.23. The van der Waals surface area contributed by atoms with E-state index in [-0.39, 0.29) is 18.8 Å². The third-order valence-electron chi connectivity index (χ3n) is 4.27. The molecule has 2 N–H and O–H groups in total. The number of urea groups is 1. The van der Waals surface area contributed by atoms with Gasteiger partial charge in [-0.15, -0.1) is 13.2 Å². The first kappa shape index (κ1) is 19.5. The second-order valence-electron chi connectivity index (χ2n) is 6.27. The number of nitrogens with one attached hydrogen (secondary N) is 1. The zero-order valence-corrected chi connectivity index (χ0v) is 14.5. The normalized spacial score (nSPS) is 16.8. The van der Waals surface area contributed by atoms with E-state index in [4.69, 9.17) is 5.11 Å². The van der Waals surface area contributed by atoms with E-state index in [9.17, 15) is 22.8 Å². The Kier molecular flexibility index (Phi) is 5.43. The van der Waals surface area contributed by atoms with Crippen molar-refractivity contribution in [3.63, 3.8) is 0 Å². The zero-order valence-electron chi connectivity index (χ0n) is 14.5. The van der Waals surface area contributed by atoms with E-state index in [1.54, 1.807) is 6.07 Å². The lowest BCUT2D eigenvalue weighted by molar-refractivity contribution is -0.274. The Balaban J connectivity index is 1.61. The molecule has 2 aromatic rings. The van der Waals surface area contributed by atoms with Gasteiger partial charge in [-0.25, -0.2) is 9.48 Å². The number of nitrogens with zero attached hydrogens (tertiary/aromatic N) is 3. The molecule has 3 rings (SSSR count). The summed E-state index contributed by atoms with van der Waals surface area (Å²) in [6, 6.07) is 6.46. The van der Waals surface area contributed by atoms with Gasteiger partial charge in [-0.2, -0.15) is 5.10 Å². The van der Waals surface area contributed by atoms with E-state index in [1.165, 1.54) is 40.0 Å². The van der Waals surface area contributed by atoms with Crippen molar-refractivity contribution in [2.45, 2.75) is 19.3 Å². The fourth-order valence-corrected chi connectivity index (χ4v) is 2.87. The van der Waals surface area contributed by atoms with Crippen LogP contribution in [0, 0.1) is 5.92 Å². The maximum absolute atomic E-state index is 12.3. The molecule has 11 heteroatoms. The average molecular weight is 398 g/mol. The number of carboxylic acid groups (broad SMARTS) is 1. The molecule has 1 atom stereocenters. The number of ether oxygens (including phenoxy) is 1. The average Bonchev–Trinajstić information content (AvgIpc) is 3.25. The summed E-state index contributed by atoms with van der Waals surface area (Å²) in [5.74, 6) is -1.45. The lowest BCUT2D eigenvalue weighted by Gasteiger charge is -2.17. The van der Waals surface area contributed by atoms with Gasteiger partial charge in [0, 0.05) is 19.2 Å². The molecular formula is C17H17F3N4O4. The van der Waals surface area contributed by atoms with Crippen molar-refractivity contribution >= 4 is 17.8 Å². The third-order valence-corrected chi connectivity index (χ3v) is 4.27. The molecule has 1 unspecified atom stereocenters. The van der Waals surface area contributed by atoms with E-state index in [0.29, 0.717) is 24.3 Å². The van der Waals surface area contributed by atoms with Gasteiger partial charge in [-0.05, 0) is 24.1 Å². The molecule has 1 fully saturated rings. The molecule has 0 radical (unpaired) electrons. The van der Waals surface area contributed by atoms with Gasteiger partial charge in [-0.3, -0.25) is 10.1 Å². The third kappa shape index (κ3) is 4.93. The van der Waals surface area contributed by atoms with E-state index in [0.717, 1.165) is 0 Å². The standard InChI is InChI=1S/C17H17F3N4O4/c18-17(19,20)28-13-3-1-11(2-4-13)9-24-14(5-7-21-24)22-16(27)23-8-6-12(10-23)15(25)26/h1-5,7,12H,6,8-10H2,(H,22,27)(H,25,26). The van der Waals surface area contributed by atoms with Crippen LogP contribution in [0.4, 0.5) is 23.8 Å². The van der Waals surface area contributed by atoms with Crippen LogP contribution in [0.15, 0.2) is 36.5 Å². The molecule has 2 amide bonds. The monoisotopic (exact) mass is 398 g/mol. The van der Waals surface area contributed by atoms with Crippen molar-refractivity contribution in [3.05, 3.63) is 42.1 Å². The van der Waals surface area contributed by atoms with Crippen LogP contribution in [0.1, 0.15) is 12.0 Å². The number of carbonyl (C=O) groups is 2. The number of carbonyl (C=O) groups excluding carboxylic acids is 1. The molecule has 2 heterocycles. The minimum Gasteiger partial charge on any atom is -0.481 e. The Labute approximate surface area is 157 Å². The van der Waals surface area contributed by atoms with E-state index < -0.39 is 24.3 Å². The lowest BCUT2D eigenvalue weighted by Crippen LogP contribution is -2.34. The van der Waals surface area contributed by atoms with Crippen molar-refractivity contribution in [1.82, 2.24) is 14.7 Å². The molecule has 1 aromatic carbocycles. The van der Waals surface area contributed by atoms with Crippen LogP contribution < -0.4 is 10.1 Å². The molecule has 8 nitrogen and oxygen atoms in total. The molecule has 1 aromatic heterocycles. The van der Waals surface area contributed by atoms with Gasteiger partial charge in [0.2, 0.25) is 0 Å². The highest BCUT2D eigenvalue weighted by Gasteiger charge is 2.32. The van der Waals surface area contributed by atoms with Crippen molar-refractivity contribution in [3.8, 4) is 5.75 Å². The number of anilines is 1. The first-order valence-electron chi connectivity index (χ1n) is 8.36. The van der Waals surface area contributed by atoms with E-state index in [2.05, 4.69) is 15.2 Å². The van der Waals surface area contributed by atoms with Crippen LogP contribution in [-0.2, 0) is 11.3 Å². The maximum Gasteiger partial charge on any atom is 0.573 e. The van der Waals surface area contributed by atoms with Crippen LogP contribution in [0.25, 0.3) is 0 Å². The molecule has 1 saturated heterocycles. The predicted molar refractivity (Wildman–Crippen MR) is 90.8 cm³/mol. The Morgan fingerprint density at radius 3 is 2.57 bits per heavy atom. The Morgan fingerprint density at radius 2 is 1.96 bits per heavy atom. The molecule has 1 aliphatic rings. The second kappa shape index (κ2) is 7.79. The summed E-state index contributed by atoms with van der Waals surface area (Å²) < 4.78 is 41.9. The number of likely N-dealkylation sites (tertiary alicyclic amines) is 1. The first-order chi connectivity index (χ1) is 13.2. The summed E-state index contributed by atoms with van der Waals surface area (Å²) in [4.78, 5) is 24.7. The molecule has 150 valence electrons. The molecular weight excluding hydrogens is 381 g/mol. The number of benzene rings is 1. The highest BCUT2D eigenvalue weighted by atomic mass is 19.4. The number of carboxylic acids is 1. The van der Waals surface area contributed by atoms with Crippen LogP contribution in [0.5, 0.6) is 5.75 Å². The molecule has 0 spiro atoms. The van der Waals surface area contributed by atoms with Crippen molar-refractivity contribution in [2.75, 3.05) is 18.4 Å². The Hall–Kier alpha value is -3.24. The van der Waals surface area contributed by atoms with Gasteiger partial charge in [0.15, 0.2) is 0 Å². The van der Waals surface area contributed by atoms with Crippen molar-refractivity contribution in [2.24, 2.45) is 5.92 Å². The van der Waals surface area contributed by atoms with Crippen molar-refractivity contribution in [1.29, 1.82) is 0 Å². The quantitative estimate of drug-likeness (QED) is 0.807. The van der Waals surface area contributed by atoms with Gasteiger partial charge in [-0.1, -0.05) is 12.1 Å². The molecule has 28 heavy (non-hydrogen) atoms. The molecule has 0 saturated carbocycles. The lowest BCUT2D eigenvalue weighted by atomic mass is 10.1. The number of hydrogen-bond donors (Lipinski definition) is 2. The fourth-order valence-electron chi connectivity index (χ4n) is 2.87. The van der Waals surface area contributed by atoms with Gasteiger partial charge in [0.1, 0.15) is 11.6 Å². The summed E-state index contributed by atoms with van der Waals surface area (Å²) in [6.07, 6.45) is -2.88. The number of halogens is 3. The van der Waals surface area contributed by atoms with Crippen LogP contribution in [-0.4, -0.2) is 51.2 Å². The van der Waals surface area contributed by atoms with Gasteiger partial charge in [0.25, 0.3) is 0 Å². The van der Waals surface area contributed by atoms with Crippen LogP contribution in [0.3, 0.4) is 0 Å². The minimum absolute atomic E-state index is 0.135. The summed E-state index contributed by atoms with van der Waals surface area (Å²) in [5, 5.41) is 15.8. The molecule has 1 aliphatic heterocycles. The van der Waals surface area contributed by atoms with Crippen LogP contribution >= 0.6 is 0 Å². The predicted octanol–water partition coefficient (Wildman–Crippen LogP) is 2.77. The van der Waals surface area contributed by atoms with E-state index >= 15 is 0 Å². The summed E-state index contributed by atoms with van der Waals surface area (Å²) in [7, 11) is 0. The fraction of sp³-hybridized carbons (Fsp3) is 0.353. The second-order valence-corrected chi connectivity index (χ2v) is 6.27. The smallest absolute Gasteiger partial charge is 0.481 e. The number of aliphatic carboxylic acids is 1. The largest absolute Gasteiger partial charge is 0.573 e. The number of rotatable bonds is 5. The number of hydrogen-bond acceptors (Lipinski definition) is 4. The Bertz CT molecular complexity index is 851. The topological polar surface area (TPSA) is 96.7 Å². The van der Waals surface area contributed by atoms with E-state index in [1.807, 2.05) is 0 Å². The maximum atomic E-state index is 12.3. The number of amides is 2. The number of aromatic nitrogens is 2. The number of alkyl halides is 3. The minimum atomic E-state index is -4.75. The SMILES string of the molecule is O=C(O)C1CCN(C(=O)Nc2ccnn2Cc2ccc(OC(F)(F)F)cc2)C1. The summed E-state index contributed by atoms with van der Waals surface area (Å²) in [5.41, 5.74) is 0.654. The van der Waals surface area contributed by atoms with Gasteiger partial charge >= 0.3 is 18.4 Å². The zero-order chi connectivity index (χ0) is 20.3.